The van der Waals surface area contributed by atoms with Gasteiger partial charge in [0, 0.05) is 30.9 Å². The third-order valence-electron chi connectivity index (χ3n) is 7.74. The fraction of sp³-hybridized carbons (Fsp3) is 0.419. The molecule has 1 aliphatic carbocycles. The molecule has 0 aromatic heterocycles. The smallest absolute Gasteiger partial charge is 0.323 e. The van der Waals surface area contributed by atoms with Crippen LogP contribution in [-0.2, 0) is 0 Å². The summed E-state index contributed by atoms with van der Waals surface area (Å²) in [5.74, 6) is 0.896. The number of carbonyl (C=O) groups is 2. The molecule has 1 heterocycles. The number of fused-ring (bicyclic) bond motifs is 2. The predicted molar refractivity (Wildman–Crippen MR) is 154 cm³/mol. The first-order chi connectivity index (χ1) is 18.8. The van der Waals surface area contributed by atoms with Crippen LogP contribution in [0.15, 0.2) is 60.7 Å². The van der Waals surface area contributed by atoms with E-state index in [0.717, 1.165) is 23.2 Å². The second-order valence-corrected chi connectivity index (χ2v) is 11.1. The highest BCUT2D eigenvalue weighted by molar-refractivity contribution is 6.08. The molecule has 5 rings (SSSR count). The molecule has 0 radical (unpaired) electrons. The SMILES string of the molecule is C[C@H](CO)N1C[C@H](C)[C@@H](CN(C)CC2CC2)Oc2c(NC(=O)Nc3cccc4ccccc34)cccc2C1=O. The Morgan fingerprint density at radius 2 is 1.74 bits per heavy atom. The van der Waals surface area contributed by atoms with Gasteiger partial charge >= 0.3 is 6.03 Å². The summed E-state index contributed by atoms with van der Waals surface area (Å²) in [5.41, 5.74) is 1.50. The first kappa shape index (κ1) is 27.0. The van der Waals surface area contributed by atoms with E-state index in [-0.39, 0.29) is 30.6 Å². The second kappa shape index (κ2) is 11.6. The van der Waals surface area contributed by atoms with Crippen molar-refractivity contribution in [3.8, 4) is 5.75 Å². The van der Waals surface area contributed by atoms with Gasteiger partial charge in [0.1, 0.15) is 6.10 Å². The Bertz CT molecular complexity index is 1340. The number of para-hydroxylation sites is 1. The summed E-state index contributed by atoms with van der Waals surface area (Å²) in [6.07, 6.45) is 2.33. The summed E-state index contributed by atoms with van der Waals surface area (Å²) in [7, 11) is 2.11. The molecule has 8 nitrogen and oxygen atoms in total. The van der Waals surface area contributed by atoms with Crippen molar-refractivity contribution in [1.82, 2.24) is 9.80 Å². The number of aliphatic hydroxyl groups is 1. The van der Waals surface area contributed by atoms with Crippen LogP contribution in [0.1, 0.15) is 37.0 Å². The van der Waals surface area contributed by atoms with Gasteiger partial charge in [-0.25, -0.2) is 4.79 Å². The summed E-state index contributed by atoms with van der Waals surface area (Å²) in [6.45, 7) is 5.98. The number of anilines is 2. The minimum absolute atomic E-state index is 0.00955. The van der Waals surface area contributed by atoms with E-state index in [0.29, 0.717) is 35.8 Å². The molecule has 8 heteroatoms. The van der Waals surface area contributed by atoms with Gasteiger partial charge in [0.05, 0.1) is 29.6 Å². The number of rotatable bonds is 8. The van der Waals surface area contributed by atoms with Crippen molar-refractivity contribution < 1.29 is 19.4 Å². The second-order valence-electron chi connectivity index (χ2n) is 11.1. The van der Waals surface area contributed by atoms with Crippen molar-refractivity contribution in [2.24, 2.45) is 11.8 Å². The van der Waals surface area contributed by atoms with Crippen LogP contribution in [0.25, 0.3) is 10.8 Å². The number of nitrogens with zero attached hydrogens (tertiary/aromatic N) is 2. The van der Waals surface area contributed by atoms with Crippen molar-refractivity contribution in [1.29, 1.82) is 0 Å². The zero-order valence-corrected chi connectivity index (χ0v) is 22.9. The molecule has 3 amide bonds. The Balaban J connectivity index is 1.44. The molecule has 3 aromatic rings. The summed E-state index contributed by atoms with van der Waals surface area (Å²) in [6, 6.07) is 18.1. The third-order valence-corrected chi connectivity index (χ3v) is 7.74. The van der Waals surface area contributed by atoms with Crippen LogP contribution in [0.2, 0.25) is 0 Å². The highest BCUT2D eigenvalue weighted by Crippen LogP contribution is 2.36. The fourth-order valence-electron chi connectivity index (χ4n) is 5.29. The van der Waals surface area contributed by atoms with E-state index < -0.39 is 6.03 Å². The first-order valence-electron chi connectivity index (χ1n) is 13.8. The van der Waals surface area contributed by atoms with Gasteiger partial charge in [-0.15, -0.1) is 0 Å². The maximum Gasteiger partial charge on any atom is 0.323 e. The van der Waals surface area contributed by atoms with Crippen LogP contribution in [-0.4, -0.2) is 72.3 Å². The number of benzene rings is 3. The Hall–Kier alpha value is -3.62. The highest BCUT2D eigenvalue weighted by Gasteiger charge is 2.35. The molecule has 1 saturated carbocycles. The van der Waals surface area contributed by atoms with Gasteiger partial charge in [0.15, 0.2) is 5.75 Å². The standard InChI is InChI=1S/C31H38N4O4/c1-20-16-35(21(2)19-36)30(37)25-11-7-13-27(29(25)39-28(20)18-34(3)17-22-14-15-22)33-31(38)32-26-12-6-9-23-8-4-5-10-24(23)26/h4-13,20-22,28,36H,14-19H2,1-3H3,(H2,32,33,38)/t20-,21+,28+/m0/s1. The highest BCUT2D eigenvalue weighted by atomic mass is 16.5. The molecule has 2 aliphatic rings. The molecule has 206 valence electrons. The number of hydrogen-bond donors (Lipinski definition) is 3. The maximum absolute atomic E-state index is 13.7. The lowest BCUT2D eigenvalue weighted by atomic mass is 9.99. The molecule has 0 spiro atoms. The Morgan fingerprint density at radius 3 is 2.51 bits per heavy atom. The predicted octanol–water partition coefficient (Wildman–Crippen LogP) is 5.05. The maximum atomic E-state index is 13.7. The van der Waals surface area contributed by atoms with Gasteiger partial charge in [0.2, 0.25) is 0 Å². The number of hydrogen-bond acceptors (Lipinski definition) is 5. The Labute approximate surface area is 229 Å². The van der Waals surface area contributed by atoms with Crippen LogP contribution in [0.4, 0.5) is 16.2 Å². The van der Waals surface area contributed by atoms with Gasteiger partial charge in [-0.1, -0.05) is 49.4 Å². The molecule has 1 fully saturated rings. The number of amides is 3. The van der Waals surface area contributed by atoms with E-state index in [2.05, 4.69) is 29.5 Å². The Morgan fingerprint density at radius 1 is 1.05 bits per heavy atom. The van der Waals surface area contributed by atoms with E-state index >= 15 is 0 Å². The zero-order valence-electron chi connectivity index (χ0n) is 22.9. The van der Waals surface area contributed by atoms with Crippen LogP contribution in [0, 0.1) is 11.8 Å². The quantitative estimate of drug-likeness (QED) is 0.379. The number of likely N-dealkylation sites (N-methyl/N-ethyl adjacent to an activating group) is 1. The van der Waals surface area contributed by atoms with E-state index in [1.807, 2.05) is 49.4 Å². The molecule has 1 aliphatic heterocycles. The summed E-state index contributed by atoms with van der Waals surface area (Å²) in [4.78, 5) is 30.9. The lowest BCUT2D eigenvalue weighted by Gasteiger charge is -2.38. The Kier molecular flexibility index (Phi) is 8.04. The van der Waals surface area contributed by atoms with Crippen molar-refractivity contribution in [2.45, 2.75) is 38.8 Å². The van der Waals surface area contributed by atoms with E-state index in [4.69, 9.17) is 4.74 Å². The number of ether oxygens (including phenoxy) is 1. The molecule has 0 bridgehead atoms. The molecule has 3 N–H and O–H groups in total. The lowest BCUT2D eigenvalue weighted by molar-refractivity contribution is 0.0346. The molecule has 0 unspecified atom stereocenters. The van der Waals surface area contributed by atoms with Crippen LogP contribution in [0.5, 0.6) is 5.75 Å². The molecule has 3 aromatic carbocycles. The first-order valence-corrected chi connectivity index (χ1v) is 13.8. The summed E-state index contributed by atoms with van der Waals surface area (Å²) >= 11 is 0. The summed E-state index contributed by atoms with van der Waals surface area (Å²) in [5, 5.41) is 17.8. The number of aliphatic hydroxyl groups excluding tert-OH is 1. The topological polar surface area (TPSA) is 94.1 Å². The molecule has 39 heavy (non-hydrogen) atoms. The largest absolute Gasteiger partial charge is 0.486 e. The zero-order chi connectivity index (χ0) is 27.5. The number of carbonyl (C=O) groups excluding carboxylic acids is 2. The molecular weight excluding hydrogens is 492 g/mol. The number of nitrogens with one attached hydrogen (secondary N) is 2. The van der Waals surface area contributed by atoms with Gasteiger partial charge in [-0.2, -0.15) is 0 Å². The average molecular weight is 531 g/mol. The van der Waals surface area contributed by atoms with Gasteiger partial charge in [-0.3, -0.25) is 4.79 Å². The van der Waals surface area contributed by atoms with Crippen molar-refractivity contribution >= 4 is 34.1 Å². The van der Waals surface area contributed by atoms with Crippen molar-refractivity contribution in [2.75, 3.05) is 43.9 Å². The number of urea groups is 1. The van der Waals surface area contributed by atoms with E-state index in [1.54, 1.807) is 23.1 Å². The summed E-state index contributed by atoms with van der Waals surface area (Å²) < 4.78 is 6.61. The van der Waals surface area contributed by atoms with Crippen LogP contribution in [0.3, 0.4) is 0 Å². The molecular formula is C31H38N4O4. The average Bonchev–Trinajstić information content (AvgIpc) is 3.74. The molecule has 3 atom stereocenters. The fourth-order valence-corrected chi connectivity index (χ4v) is 5.29. The van der Waals surface area contributed by atoms with Gasteiger partial charge < -0.3 is 30.3 Å². The van der Waals surface area contributed by atoms with Crippen LogP contribution >= 0.6 is 0 Å². The minimum atomic E-state index is -0.422. The monoisotopic (exact) mass is 530 g/mol. The van der Waals surface area contributed by atoms with Crippen molar-refractivity contribution in [3.05, 3.63) is 66.2 Å². The van der Waals surface area contributed by atoms with Crippen molar-refractivity contribution in [3.63, 3.8) is 0 Å². The van der Waals surface area contributed by atoms with E-state index in [1.165, 1.54) is 12.8 Å². The molecule has 0 saturated heterocycles. The minimum Gasteiger partial charge on any atom is -0.486 e. The van der Waals surface area contributed by atoms with Crippen LogP contribution < -0.4 is 15.4 Å². The van der Waals surface area contributed by atoms with Gasteiger partial charge in [0.25, 0.3) is 5.91 Å². The van der Waals surface area contributed by atoms with E-state index in [9.17, 15) is 14.7 Å². The third kappa shape index (κ3) is 6.18. The van der Waals surface area contributed by atoms with Gasteiger partial charge in [-0.05, 0) is 56.3 Å². The lowest BCUT2D eigenvalue weighted by Crippen LogP contribution is -2.50. The normalized spacial score (nSPS) is 20.1.